The molecule has 2 nitrogen and oxygen atoms in total. The first-order valence-electron chi connectivity index (χ1n) is 5.05. The average Bonchev–Trinajstić information content (AvgIpc) is 2.21. The van der Waals surface area contributed by atoms with Crippen LogP contribution in [0.15, 0.2) is 27.0 Å². The standard InChI is InChI=1S/C11H18Cl2N2/c1-8(10(3)11(13)15-14)6-4-5-7-9(2)12/h7-8,14H,4-6H2,1-3H3/b9-7-,11-10-,15-14?. The first-order valence-corrected chi connectivity index (χ1v) is 5.80. The Hall–Kier alpha value is -0.340. The molecule has 0 fully saturated rings. The van der Waals surface area contributed by atoms with E-state index in [4.69, 9.17) is 28.7 Å². The SMILES string of the molecule is C/C(Cl)=C/CCCC(C)/C(C)=C(/Cl)N=N. The molecule has 0 aromatic carbocycles. The molecule has 0 aliphatic heterocycles. The zero-order chi connectivity index (χ0) is 11.8. The summed E-state index contributed by atoms with van der Waals surface area (Å²) in [5.74, 6) is 0.371. The van der Waals surface area contributed by atoms with Gasteiger partial charge in [-0.1, -0.05) is 36.2 Å². The van der Waals surface area contributed by atoms with Crippen LogP contribution in [-0.4, -0.2) is 0 Å². The molecule has 0 rings (SSSR count). The third kappa shape index (κ3) is 6.69. The van der Waals surface area contributed by atoms with Crippen LogP contribution in [0.5, 0.6) is 0 Å². The lowest BCUT2D eigenvalue weighted by Crippen LogP contribution is -1.97. The predicted octanol–water partition coefficient (Wildman–Crippen LogP) is 5.44. The zero-order valence-corrected chi connectivity index (χ0v) is 11.0. The lowest BCUT2D eigenvalue weighted by atomic mass is 9.97. The van der Waals surface area contributed by atoms with Gasteiger partial charge >= 0.3 is 0 Å². The van der Waals surface area contributed by atoms with Crippen molar-refractivity contribution < 1.29 is 0 Å². The molecule has 0 aromatic rings. The van der Waals surface area contributed by atoms with Gasteiger partial charge in [0, 0.05) is 5.03 Å². The molecule has 1 unspecified atom stereocenters. The molecule has 0 aromatic heterocycles. The second kappa shape index (κ2) is 7.89. The van der Waals surface area contributed by atoms with E-state index in [0.29, 0.717) is 11.1 Å². The second-order valence-electron chi connectivity index (χ2n) is 3.71. The van der Waals surface area contributed by atoms with Crippen LogP contribution >= 0.6 is 23.2 Å². The second-order valence-corrected chi connectivity index (χ2v) is 4.66. The Morgan fingerprint density at radius 2 is 2.00 bits per heavy atom. The Kier molecular flexibility index (Phi) is 7.71. The van der Waals surface area contributed by atoms with Crippen molar-refractivity contribution in [3.8, 4) is 0 Å². The predicted molar refractivity (Wildman–Crippen MR) is 66.3 cm³/mol. The summed E-state index contributed by atoms with van der Waals surface area (Å²) in [4.78, 5) is 0. The highest BCUT2D eigenvalue weighted by molar-refractivity contribution is 6.29. The normalized spacial score (nSPS) is 15.9. The third-order valence-electron chi connectivity index (χ3n) is 2.43. The monoisotopic (exact) mass is 248 g/mol. The Labute approximate surface area is 102 Å². The minimum absolute atomic E-state index is 0.312. The van der Waals surface area contributed by atoms with Crippen molar-refractivity contribution in [2.75, 3.05) is 0 Å². The van der Waals surface area contributed by atoms with Crippen LogP contribution in [0.1, 0.15) is 40.0 Å². The van der Waals surface area contributed by atoms with Crippen LogP contribution in [-0.2, 0) is 0 Å². The molecule has 0 saturated heterocycles. The summed E-state index contributed by atoms with van der Waals surface area (Å²) in [7, 11) is 0. The van der Waals surface area contributed by atoms with Crippen LogP contribution in [0.3, 0.4) is 0 Å². The number of allylic oxidation sites excluding steroid dienone is 3. The van der Waals surface area contributed by atoms with Gasteiger partial charge in [0.15, 0.2) is 0 Å². The topological polar surface area (TPSA) is 36.2 Å². The maximum Gasteiger partial charge on any atom is 0.150 e. The van der Waals surface area contributed by atoms with Gasteiger partial charge in [-0.2, -0.15) is 0 Å². The lowest BCUT2D eigenvalue weighted by molar-refractivity contribution is 0.580. The van der Waals surface area contributed by atoms with Gasteiger partial charge in [0.05, 0.1) is 0 Å². The van der Waals surface area contributed by atoms with Crippen LogP contribution in [0, 0.1) is 11.4 Å². The van der Waals surface area contributed by atoms with E-state index < -0.39 is 0 Å². The molecule has 1 atom stereocenters. The van der Waals surface area contributed by atoms with Crippen molar-refractivity contribution in [3.05, 3.63) is 21.8 Å². The van der Waals surface area contributed by atoms with Crippen molar-refractivity contribution in [1.29, 1.82) is 5.53 Å². The minimum atomic E-state index is 0.312. The van der Waals surface area contributed by atoms with E-state index in [9.17, 15) is 0 Å². The summed E-state index contributed by atoms with van der Waals surface area (Å²) in [5.41, 5.74) is 7.79. The molecule has 0 radical (unpaired) electrons. The number of halogens is 2. The molecule has 1 N–H and O–H groups in total. The maximum absolute atomic E-state index is 6.81. The van der Waals surface area contributed by atoms with Gasteiger partial charge in [0.25, 0.3) is 0 Å². The molecule has 86 valence electrons. The number of hydrogen-bond acceptors (Lipinski definition) is 2. The third-order valence-corrected chi connectivity index (χ3v) is 2.97. The summed E-state index contributed by atoms with van der Waals surface area (Å²) in [6, 6.07) is 0. The molecule has 0 aliphatic rings. The highest BCUT2D eigenvalue weighted by atomic mass is 35.5. The quantitative estimate of drug-likeness (QED) is 0.370. The molecular weight excluding hydrogens is 231 g/mol. The molecule has 0 amide bonds. The van der Waals surface area contributed by atoms with E-state index in [2.05, 4.69) is 12.0 Å². The van der Waals surface area contributed by atoms with Gasteiger partial charge in [0.2, 0.25) is 0 Å². The molecule has 4 heteroatoms. The fraction of sp³-hybridized carbons (Fsp3) is 0.636. The summed E-state index contributed by atoms with van der Waals surface area (Å²) < 4.78 is 0. The molecular formula is C11H18Cl2N2. The van der Waals surface area contributed by atoms with Gasteiger partial charge in [-0.15, -0.1) is 5.11 Å². The summed E-state index contributed by atoms with van der Waals surface area (Å²) in [6.07, 6.45) is 5.12. The highest BCUT2D eigenvalue weighted by Crippen LogP contribution is 2.23. The van der Waals surface area contributed by atoms with Gasteiger partial charge < -0.3 is 0 Å². The number of hydrogen-bond donors (Lipinski definition) is 1. The van der Waals surface area contributed by atoms with E-state index in [1.807, 2.05) is 19.9 Å². The maximum atomic E-state index is 6.81. The highest BCUT2D eigenvalue weighted by Gasteiger charge is 2.07. The minimum Gasteiger partial charge on any atom is -0.203 e. The number of nitrogens with one attached hydrogen (secondary N) is 1. The fourth-order valence-corrected chi connectivity index (χ4v) is 1.53. The summed E-state index contributed by atoms with van der Waals surface area (Å²) in [6.45, 7) is 5.90. The molecule has 0 saturated carbocycles. The van der Waals surface area contributed by atoms with Gasteiger partial charge in [-0.25, -0.2) is 5.53 Å². The number of rotatable bonds is 6. The van der Waals surface area contributed by atoms with E-state index >= 15 is 0 Å². The van der Waals surface area contributed by atoms with Crippen molar-refractivity contribution >= 4 is 23.2 Å². The Balaban J connectivity index is 3.99. The Morgan fingerprint density at radius 3 is 2.47 bits per heavy atom. The van der Waals surface area contributed by atoms with E-state index in [0.717, 1.165) is 29.9 Å². The first-order chi connectivity index (χ1) is 6.99. The summed E-state index contributed by atoms with van der Waals surface area (Å²) >= 11 is 11.5. The molecule has 0 bridgehead atoms. The van der Waals surface area contributed by atoms with Gasteiger partial charge in [0.1, 0.15) is 5.16 Å². The van der Waals surface area contributed by atoms with Gasteiger partial charge in [-0.3, -0.25) is 0 Å². The van der Waals surface area contributed by atoms with E-state index in [-0.39, 0.29) is 0 Å². The van der Waals surface area contributed by atoms with E-state index in [1.54, 1.807) is 0 Å². The van der Waals surface area contributed by atoms with Gasteiger partial charge in [-0.05, 0) is 44.6 Å². The number of unbranched alkanes of at least 4 members (excludes halogenated alkanes) is 1. The first kappa shape index (κ1) is 14.7. The molecule has 0 heterocycles. The lowest BCUT2D eigenvalue weighted by Gasteiger charge is -2.11. The van der Waals surface area contributed by atoms with Crippen LogP contribution in [0.4, 0.5) is 0 Å². The van der Waals surface area contributed by atoms with Crippen molar-refractivity contribution in [2.45, 2.75) is 40.0 Å². The number of nitrogens with zero attached hydrogens (tertiary/aromatic N) is 1. The van der Waals surface area contributed by atoms with Crippen molar-refractivity contribution in [3.63, 3.8) is 0 Å². The van der Waals surface area contributed by atoms with Crippen molar-refractivity contribution in [1.82, 2.24) is 0 Å². The largest absolute Gasteiger partial charge is 0.203 e. The average molecular weight is 249 g/mol. The Bertz CT molecular complexity index is 266. The van der Waals surface area contributed by atoms with Crippen LogP contribution in [0.2, 0.25) is 0 Å². The van der Waals surface area contributed by atoms with E-state index in [1.165, 1.54) is 0 Å². The molecule has 0 spiro atoms. The molecule has 0 aliphatic carbocycles. The smallest absolute Gasteiger partial charge is 0.150 e. The zero-order valence-electron chi connectivity index (χ0n) is 9.48. The fourth-order valence-electron chi connectivity index (χ4n) is 1.23. The Morgan fingerprint density at radius 1 is 1.40 bits per heavy atom. The van der Waals surface area contributed by atoms with Crippen LogP contribution < -0.4 is 0 Å². The molecule has 15 heavy (non-hydrogen) atoms. The van der Waals surface area contributed by atoms with Crippen molar-refractivity contribution in [2.24, 2.45) is 11.0 Å². The van der Waals surface area contributed by atoms with Crippen LogP contribution in [0.25, 0.3) is 0 Å². The summed E-state index contributed by atoms with van der Waals surface area (Å²) in [5, 5.41) is 4.38.